The summed E-state index contributed by atoms with van der Waals surface area (Å²) in [6.45, 7) is 2.22. The molecule has 0 atom stereocenters. The zero-order valence-corrected chi connectivity index (χ0v) is 7.97. The van der Waals surface area contributed by atoms with Gasteiger partial charge in [-0.05, 0) is 13.8 Å². The van der Waals surface area contributed by atoms with Gasteiger partial charge in [0, 0.05) is 6.20 Å². The van der Waals surface area contributed by atoms with Crippen molar-refractivity contribution in [1.82, 2.24) is 9.55 Å². The summed E-state index contributed by atoms with van der Waals surface area (Å²) in [5.74, 6) is 0. The molecule has 0 fully saturated rings. The quantitative estimate of drug-likeness (QED) is 0.801. The Morgan fingerprint density at radius 2 is 2.00 bits per heavy atom. The van der Waals surface area contributed by atoms with Crippen molar-refractivity contribution in [3.05, 3.63) is 18.2 Å². The summed E-state index contributed by atoms with van der Waals surface area (Å²) in [7, 11) is 0. The first-order chi connectivity index (χ1) is 6.20. The lowest BCUT2D eigenvalue weighted by atomic mass is 10.0. The Morgan fingerprint density at radius 3 is 2.43 bits per heavy atom. The van der Waals surface area contributed by atoms with Crippen LogP contribution in [0.4, 0.5) is 13.2 Å². The van der Waals surface area contributed by atoms with Crippen LogP contribution in [-0.2, 0) is 12.1 Å². The molecule has 2 N–H and O–H groups in total. The smallest absolute Gasteiger partial charge is 0.324 e. The number of alkyl halides is 3. The minimum absolute atomic E-state index is 0.370. The van der Waals surface area contributed by atoms with Crippen molar-refractivity contribution in [3.63, 3.8) is 0 Å². The molecule has 0 spiro atoms. The van der Waals surface area contributed by atoms with Crippen LogP contribution in [0.1, 0.15) is 19.5 Å². The fourth-order valence-electron chi connectivity index (χ4n) is 1.18. The first kappa shape index (κ1) is 11.0. The average Bonchev–Trinajstić information content (AvgIpc) is 2.29. The zero-order chi connectivity index (χ0) is 11.0. The maximum Gasteiger partial charge on any atom is 0.406 e. The van der Waals surface area contributed by atoms with E-state index >= 15 is 0 Å². The van der Waals surface area contributed by atoms with Crippen LogP contribution in [0.5, 0.6) is 0 Å². The molecule has 0 aliphatic rings. The second-order valence-corrected chi connectivity index (χ2v) is 3.74. The summed E-state index contributed by atoms with van der Waals surface area (Å²) >= 11 is 0. The van der Waals surface area contributed by atoms with Gasteiger partial charge in [0.05, 0.1) is 17.6 Å². The van der Waals surface area contributed by atoms with Crippen LogP contribution in [-0.4, -0.2) is 15.7 Å². The fraction of sp³-hybridized carbons (Fsp3) is 0.625. The van der Waals surface area contributed by atoms with Gasteiger partial charge in [-0.2, -0.15) is 13.2 Å². The van der Waals surface area contributed by atoms with E-state index in [2.05, 4.69) is 4.98 Å². The second-order valence-electron chi connectivity index (χ2n) is 3.74. The Bertz CT molecular complexity index is 308. The van der Waals surface area contributed by atoms with E-state index in [0.29, 0.717) is 5.69 Å². The first-order valence-corrected chi connectivity index (χ1v) is 4.06. The van der Waals surface area contributed by atoms with Gasteiger partial charge < -0.3 is 10.3 Å². The molecular weight excluding hydrogens is 195 g/mol. The topological polar surface area (TPSA) is 43.8 Å². The third-order valence-electron chi connectivity index (χ3n) is 1.72. The van der Waals surface area contributed by atoms with Crippen molar-refractivity contribution >= 4 is 0 Å². The fourth-order valence-corrected chi connectivity index (χ4v) is 1.18. The number of aromatic nitrogens is 2. The molecule has 0 radical (unpaired) electrons. The third-order valence-corrected chi connectivity index (χ3v) is 1.72. The van der Waals surface area contributed by atoms with Crippen LogP contribution < -0.4 is 5.73 Å². The molecule has 0 saturated carbocycles. The van der Waals surface area contributed by atoms with Crippen molar-refractivity contribution in [2.45, 2.75) is 32.1 Å². The van der Waals surface area contributed by atoms with Gasteiger partial charge in [0.2, 0.25) is 0 Å². The minimum atomic E-state index is -4.25. The number of rotatable bonds is 2. The molecule has 80 valence electrons. The lowest BCUT2D eigenvalue weighted by Gasteiger charge is -2.21. The molecular formula is C8H12F3N3. The summed E-state index contributed by atoms with van der Waals surface area (Å²) in [6.07, 6.45) is -1.76. The molecule has 1 aromatic rings. The monoisotopic (exact) mass is 207 g/mol. The molecule has 0 saturated heterocycles. The average molecular weight is 207 g/mol. The van der Waals surface area contributed by atoms with Gasteiger partial charge in [0.1, 0.15) is 6.54 Å². The van der Waals surface area contributed by atoms with Crippen molar-refractivity contribution in [3.8, 4) is 0 Å². The van der Waals surface area contributed by atoms with Crippen LogP contribution in [0, 0.1) is 0 Å². The van der Waals surface area contributed by atoms with E-state index in [0.717, 1.165) is 10.9 Å². The van der Waals surface area contributed by atoms with Gasteiger partial charge in [-0.3, -0.25) is 0 Å². The highest BCUT2D eigenvalue weighted by atomic mass is 19.4. The Balaban J connectivity index is 2.95. The van der Waals surface area contributed by atoms with E-state index < -0.39 is 18.3 Å². The van der Waals surface area contributed by atoms with Crippen LogP contribution in [0.25, 0.3) is 0 Å². The number of nitrogens with zero attached hydrogens (tertiary/aromatic N) is 2. The summed E-state index contributed by atoms with van der Waals surface area (Å²) in [5.41, 5.74) is 5.25. The highest BCUT2D eigenvalue weighted by molar-refractivity contribution is 5.09. The van der Waals surface area contributed by atoms with E-state index in [1.54, 1.807) is 13.8 Å². The Labute approximate surface area is 79.7 Å². The molecule has 14 heavy (non-hydrogen) atoms. The highest BCUT2D eigenvalue weighted by Gasteiger charge is 2.30. The molecule has 0 bridgehead atoms. The summed E-state index contributed by atoms with van der Waals surface area (Å²) in [5, 5.41) is 0. The van der Waals surface area contributed by atoms with Crippen molar-refractivity contribution < 1.29 is 13.2 Å². The van der Waals surface area contributed by atoms with Gasteiger partial charge in [-0.1, -0.05) is 0 Å². The maximum absolute atomic E-state index is 12.1. The molecule has 0 amide bonds. The van der Waals surface area contributed by atoms with Crippen molar-refractivity contribution in [1.29, 1.82) is 0 Å². The largest absolute Gasteiger partial charge is 0.406 e. The van der Waals surface area contributed by atoms with E-state index in [4.69, 9.17) is 5.73 Å². The van der Waals surface area contributed by atoms with Gasteiger partial charge >= 0.3 is 6.18 Å². The molecule has 0 unspecified atom stereocenters. The second kappa shape index (κ2) is 3.27. The molecule has 6 heteroatoms. The molecule has 1 heterocycles. The summed E-state index contributed by atoms with van der Waals surface area (Å²) < 4.78 is 37.3. The van der Waals surface area contributed by atoms with Crippen LogP contribution in [0.2, 0.25) is 0 Å². The van der Waals surface area contributed by atoms with Crippen LogP contribution in [0.3, 0.4) is 0 Å². The number of imidazole rings is 1. The lowest BCUT2D eigenvalue weighted by molar-refractivity contribution is -0.141. The Morgan fingerprint density at radius 1 is 1.43 bits per heavy atom. The normalized spacial score (nSPS) is 13.3. The minimum Gasteiger partial charge on any atom is -0.324 e. The number of hydrogen-bond donors (Lipinski definition) is 1. The predicted molar refractivity (Wildman–Crippen MR) is 45.5 cm³/mol. The van der Waals surface area contributed by atoms with Gasteiger partial charge in [0.15, 0.2) is 0 Å². The summed E-state index contributed by atoms with van der Waals surface area (Å²) in [4.78, 5) is 3.66. The van der Waals surface area contributed by atoms with Gasteiger partial charge in [-0.15, -0.1) is 0 Å². The molecule has 0 aliphatic heterocycles. The van der Waals surface area contributed by atoms with E-state index in [1.165, 1.54) is 6.20 Å². The third kappa shape index (κ3) is 2.73. The molecule has 0 aromatic carbocycles. The predicted octanol–water partition coefficient (Wildman–Crippen LogP) is 1.64. The molecule has 3 nitrogen and oxygen atoms in total. The number of hydrogen-bond acceptors (Lipinski definition) is 2. The standard InChI is InChI=1S/C8H12F3N3/c1-7(2,12)6-3-13-5-14(6)4-8(9,10)11/h3,5H,4,12H2,1-2H3. The van der Waals surface area contributed by atoms with Crippen molar-refractivity contribution in [2.75, 3.05) is 0 Å². The van der Waals surface area contributed by atoms with Crippen LogP contribution in [0.15, 0.2) is 12.5 Å². The maximum atomic E-state index is 12.1. The van der Waals surface area contributed by atoms with E-state index in [1.807, 2.05) is 0 Å². The Hall–Kier alpha value is -1.04. The van der Waals surface area contributed by atoms with E-state index in [-0.39, 0.29) is 0 Å². The molecule has 1 aromatic heterocycles. The Kier molecular flexibility index (Phi) is 2.58. The molecule has 0 aliphatic carbocycles. The summed E-state index contributed by atoms with van der Waals surface area (Å²) in [6, 6.07) is 0. The van der Waals surface area contributed by atoms with Gasteiger partial charge in [-0.25, -0.2) is 4.98 Å². The zero-order valence-electron chi connectivity index (χ0n) is 7.97. The SMILES string of the molecule is CC(C)(N)c1cncn1CC(F)(F)F. The number of nitrogens with two attached hydrogens (primary N) is 1. The number of halogens is 3. The van der Waals surface area contributed by atoms with Gasteiger partial charge in [0.25, 0.3) is 0 Å². The van der Waals surface area contributed by atoms with Crippen molar-refractivity contribution in [2.24, 2.45) is 5.73 Å². The van der Waals surface area contributed by atoms with Crippen LogP contribution >= 0.6 is 0 Å². The highest BCUT2D eigenvalue weighted by Crippen LogP contribution is 2.22. The first-order valence-electron chi connectivity index (χ1n) is 4.06. The molecule has 1 rings (SSSR count). The van der Waals surface area contributed by atoms with E-state index in [9.17, 15) is 13.2 Å². The lowest BCUT2D eigenvalue weighted by Crippen LogP contribution is -2.33.